The van der Waals surface area contributed by atoms with Crippen molar-refractivity contribution in [1.82, 2.24) is 10.4 Å². The number of amidine groups is 1. The van der Waals surface area contributed by atoms with E-state index >= 15 is 0 Å². The van der Waals surface area contributed by atoms with Gasteiger partial charge in [-0.3, -0.25) is 4.90 Å². The van der Waals surface area contributed by atoms with Crippen molar-refractivity contribution in [3.05, 3.63) is 58.3 Å². The van der Waals surface area contributed by atoms with Gasteiger partial charge in [0.15, 0.2) is 11.6 Å². The van der Waals surface area contributed by atoms with Crippen LogP contribution in [0, 0.1) is 0 Å². The van der Waals surface area contributed by atoms with E-state index in [2.05, 4.69) is 52.2 Å². The first-order valence-corrected chi connectivity index (χ1v) is 8.55. The van der Waals surface area contributed by atoms with Crippen LogP contribution in [0.25, 0.3) is 0 Å². The highest BCUT2D eigenvalue weighted by Gasteiger charge is 2.40. The SMILES string of the molecule is c1ccc(CN2CCC3(CC2)N=C(c2cccs2)NO3)cc1. The van der Waals surface area contributed by atoms with Gasteiger partial charge in [-0.25, -0.2) is 15.3 Å². The summed E-state index contributed by atoms with van der Waals surface area (Å²) in [6, 6.07) is 14.7. The molecule has 114 valence electrons. The van der Waals surface area contributed by atoms with Crippen molar-refractivity contribution in [1.29, 1.82) is 0 Å². The molecule has 1 fully saturated rings. The van der Waals surface area contributed by atoms with Gasteiger partial charge >= 0.3 is 0 Å². The molecule has 0 atom stereocenters. The average molecular weight is 313 g/mol. The van der Waals surface area contributed by atoms with Crippen LogP contribution < -0.4 is 5.48 Å². The highest BCUT2D eigenvalue weighted by atomic mass is 32.1. The molecule has 1 saturated heterocycles. The van der Waals surface area contributed by atoms with Crippen LogP contribution >= 0.6 is 11.3 Å². The quantitative estimate of drug-likeness (QED) is 0.946. The number of nitrogens with one attached hydrogen (secondary N) is 1. The van der Waals surface area contributed by atoms with Gasteiger partial charge in [-0.15, -0.1) is 11.3 Å². The normalized spacial score (nSPS) is 20.8. The van der Waals surface area contributed by atoms with Crippen molar-refractivity contribution in [2.24, 2.45) is 4.99 Å². The van der Waals surface area contributed by atoms with Crippen molar-refractivity contribution in [3.63, 3.8) is 0 Å². The van der Waals surface area contributed by atoms with Crippen LogP contribution in [0.5, 0.6) is 0 Å². The third-order valence-electron chi connectivity index (χ3n) is 4.29. The largest absolute Gasteiger partial charge is 0.299 e. The van der Waals surface area contributed by atoms with Crippen LogP contribution in [0.15, 0.2) is 52.8 Å². The first-order chi connectivity index (χ1) is 10.8. The predicted molar refractivity (Wildman–Crippen MR) is 88.8 cm³/mol. The molecule has 0 bridgehead atoms. The lowest BCUT2D eigenvalue weighted by atomic mass is 10.0. The number of hydroxylamine groups is 1. The van der Waals surface area contributed by atoms with Gasteiger partial charge in [-0.05, 0) is 17.0 Å². The van der Waals surface area contributed by atoms with E-state index in [1.165, 1.54) is 5.56 Å². The molecule has 0 radical (unpaired) electrons. The van der Waals surface area contributed by atoms with E-state index in [0.29, 0.717) is 0 Å². The van der Waals surface area contributed by atoms with E-state index in [1.54, 1.807) is 11.3 Å². The second-order valence-corrected chi connectivity index (χ2v) is 6.80. The highest BCUT2D eigenvalue weighted by Crippen LogP contribution is 2.32. The molecule has 2 aliphatic rings. The molecule has 1 aromatic heterocycles. The zero-order chi connectivity index (χ0) is 14.8. The van der Waals surface area contributed by atoms with Gasteiger partial charge in [-0.2, -0.15) is 0 Å². The first kappa shape index (κ1) is 13.9. The van der Waals surface area contributed by atoms with Gasteiger partial charge in [-0.1, -0.05) is 36.4 Å². The standard InChI is InChI=1S/C17H19N3OS/c1-2-5-14(6-3-1)13-20-10-8-17(9-11-20)18-16(19-21-17)15-7-4-12-22-15/h1-7,12H,8-11,13H2,(H,18,19). The Bertz CT molecular complexity index is 646. The summed E-state index contributed by atoms with van der Waals surface area (Å²) in [6.45, 7) is 3.03. The topological polar surface area (TPSA) is 36.9 Å². The lowest BCUT2D eigenvalue weighted by molar-refractivity contribution is -0.0901. The van der Waals surface area contributed by atoms with Crippen LogP contribution in [-0.4, -0.2) is 29.6 Å². The predicted octanol–water partition coefficient (Wildman–Crippen LogP) is 3.02. The molecule has 2 aromatic rings. The zero-order valence-corrected chi connectivity index (χ0v) is 13.2. The number of hydrogen-bond donors (Lipinski definition) is 1. The maximum Gasteiger partial charge on any atom is 0.190 e. The fraction of sp³-hybridized carbons (Fsp3) is 0.353. The molecule has 0 unspecified atom stereocenters. The molecule has 3 heterocycles. The minimum atomic E-state index is -0.369. The molecule has 4 rings (SSSR count). The highest BCUT2D eigenvalue weighted by molar-refractivity contribution is 7.12. The van der Waals surface area contributed by atoms with Crippen molar-refractivity contribution >= 4 is 17.2 Å². The lowest BCUT2D eigenvalue weighted by Crippen LogP contribution is -2.44. The summed E-state index contributed by atoms with van der Waals surface area (Å²) in [4.78, 5) is 14.3. The van der Waals surface area contributed by atoms with Gasteiger partial charge in [0.05, 0.1) is 4.88 Å². The number of rotatable bonds is 3. The minimum Gasteiger partial charge on any atom is -0.299 e. The zero-order valence-electron chi connectivity index (χ0n) is 12.4. The Kier molecular flexibility index (Phi) is 3.70. The van der Waals surface area contributed by atoms with Crippen LogP contribution in [0.3, 0.4) is 0 Å². The Morgan fingerprint density at radius 1 is 1.14 bits per heavy atom. The van der Waals surface area contributed by atoms with Crippen LogP contribution in [0.4, 0.5) is 0 Å². The number of hydrogen-bond acceptors (Lipinski definition) is 5. The number of nitrogens with zero attached hydrogens (tertiary/aromatic N) is 2. The summed E-state index contributed by atoms with van der Waals surface area (Å²) in [6.07, 6.45) is 1.86. The lowest BCUT2D eigenvalue weighted by Gasteiger charge is -2.35. The molecule has 4 nitrogen and oxygen atoms in total. The van der Waals surface area contributed by atoms with Gasteiger partial charge in [0, 0.05) is 32.5 Å². The average Bonchev–Trinajstić information content (AvgIpc) is 3.21. The molecule has 1 aromatic carbocycles. The fourth-order valence-electron chi connectivity index (χ4n) is 3.03. The maximum absolute atomic E-state index is 5.84. The number of thiophene rings is 1. The summed E-state index contributed by atoms with van der Waals surface area (Å²) in [5, 5.41) is 2.06. The van der Waals surface area contributed by atoms with Crippen LogP contribution in [-0.2, 0) is 11.4 Å². The van der Waals surface area contributed by atoms with E-state index in [9.17, 15) is 0 Å². The monoisotopic (exact) mass is 313 g/mol. The third kappa shape index (κ3) is 2.79. The van der Waals surface area contributed by atoms with E-state index in [1.807, 2.05) is 6.07 Å². The van der Waals surface area contributed by atoms with Gasteiger partial charge < -0.3 is 0 Å². The number of aliphatic imine (C=N–C) groups is 1. The Morgan fingerprint density at radius 2 is 1.95 bits per heavy atom. The summed E-state index contributed by atoms with van der Waals surface area (Å²) in [5.41, 5.74) is 4.02. The summed E-state index contributed by atoms with van der Waals surface area (Å²) >= 11 is 1.69. The molecule has 1 N–H and O–H groups in total. The molecular weight excluding hydrogens is 294 g/mol. The molecule has 5 heteroatoms. The van der Waals surface area contributed by atoms with Gasteiger partial charge in [0.2, 0.25) is 0 Å². The molecular formula is C17H19N3OS. The van der Waals surface area contributed by atoms with E-state index in [4.69, 9.17) is 9.83 Å². The number of benzene rings is 1. The number of piperidine rings is 1. The maximum atomic E-state index is 5.84. The Morgan fingerprint density at radius 3 is 2.68 bits per heavy atom. The third-order valence-corrected chi connectivity index (χ3v) is 5.17. The minimum absolute atomic E-state index is 0.369. The summed E-state index contributed by atoms with van der Waals surface area (Å²) in [5.74, 6) is 0.881. The smallest absolute Gasteiger partial charge is 0.190 e. The Labute approximate surface area is 134 Å². The molecule has 0 saturated carbocycles. The number of likely N-dealkylation sites (tertiary alicyclic amines) is 1. The van der Waals surface area contributed by atoms with Crippen molar-refractivity contribution < 1.29 is 4.84 Å². The molecule has 0 amide bonds. The Hall–Kier alpha value is -1.69. The second kappa shape index (κ2) is 5.83. The van der Waals surface area contributed by atoms with Gasteiger partial charge in [0.1, 0.15) is 0 Å². The van der Waals surface area contributed by atoms with Crippen molar-refractivity contribution in [2.45, 2.75) is 25.1 Å². The molecule has 1 spiro atoms. The van der Waals surface area contributed by atoms with Gasteiger partial charge in [0.25, 0.3) is 0 Å². The van der Waals surface area contributed by atoms with E-state index in [0.717, 1.165) is 43.2 Å². The van der Waals surface area contributed by atoms with E-state index in [-0.39, 0.29) is 5.72 Å². The Balaban J connectivity index is 1.40. The first-order valence-electron chi connectivity index (χ1n) is 7.67. The van der Waals surface area contributed by atoms with Crippen LogP contribution in [0.2, 0.25) is 0 Å². The van der Waals surface area contributed by atoms with Crippen LogP contribution in [0.1, 0.15) is 23.3 Å². The summed E-state index contributed by atoms with van der Waals surface area (Å²) < 4.78 is 0. The second-order valence-electron chi connectivity index (χ2n) is 5.85. The molecule has 0 aliphatic carbocycles. The molecule has 22 heavy (non-hydrogen) atoms. The van der Waals surface area contributed by atoms with Crippen molar-refractivity contribution in [3.8, 4) is 0 Å². The summed E-state index contributed by atoms with van der Waals surface area (Å²) in [7, 11) is 0. The molecule has 2 aliphatic heterocycles. The fourth-order valence-corrected chi connectivity index (χ4v) is 3.69. The van der Waals surface area contributed by atoms with Crippen molar-refractivity contribution in [2.75, 3.05) is 13.1 Å². The van der Waals surface area contributed by atoms with E-state index < -0.39 is 0 Å².